The molecule has 1 saturated heterocycles. The molecule has 0 saturated carbocycles. The maximum atomic E-state index is 13.3. The Bertz CT molecular complexity index is 1350. The summed E-state index contributed by atoms with van der Waals surface area (Å²) in [4.78, 5) is 44.2. The number of benzene rings is 2. The zero-order valence-corrected chi connectivity index (χ0v) is 21.6. The fraction of sp³-hybridized carbons (Fsp3) is 0.267. The molecule has 1 fully saturated rings. The number of pyridine rings is 1. The van der Waals surface area contributed by atoms with Gasteiger partial charge in [-0.1, -0.05) is 37.3 Å². The Kier molecular flexibility index (Phi) is 8.21. The first-order valence-electron chi connectivity index (χ1n) is 12.5. The maximum absolute atomic E-state index is 13.3. The van der Waals surface area contributed by atoms with Gasteiger partial charge in [-0.15, -0.1) is 0 Å². The van der Waals surface area contributed by atoms with Gasteiger partial charge in [0.05, 0.1) is 30.7 Å². The van der Waals surface area contributed by atoms with Crippen molar-refractivity contribution >= 4 is 29.1 Å². The lowest BCUT2D eigenvalue weighted by Crippen LogP contribution is -2.29. The number of aromatic nitrogens is 1. The van der Waals surface area contributed by atoms with Gasteiger partial charge >= 0.3 is 5.97 Å². The first-order valence-corrected chi connectivity index (χ1v) is 12.5. The second kappa shape index (κ2) is 11.7. The third-order valence-corrected chi connectivity index (χ3v) is 5.96. The number of Topliss-reactive ketones (excluding diaryl/α,β-unsaturated/α-hetero) is 1. The van der Waals surface area contributed by atoms with Crippen molar-refractivity contribution < 1.29 is 29.0 Å². The largest absolute Gasteiger partial charge is 0.507 e. The van der Waals surface area contributed by atoms with E-state index in [0.717, 1.165) is 6.42 Å². The van der Waals surface area contributed by atoms with Crippen LogP contribution in [0.2, 0.25) is 0 Å². The zero-order valence-electron chi connectivity index (χ0n) is 21.6. The van der Waals surface area contributed by atoms with Gasteiger partial charge in [0.2, 0.25) is 0 Å². The Morgan fingerprint density at radius 2 is 1.84 bits per heavy atom. The van der Waals surface area contributed by atoms with Gasteiger partial charge in [0.25, 0.3) is 11.7 Å². The highest BCUT2D eigenvalue weighted by Crippen LogP contribution is 2.42. The van der Waals surface area contributed by atoms with Gasteiger partial charge in [-0.2, -0.15) is 0 Å². The Balaban J connectivity index is 1.75. The molecule has 38 heavy (non-hydrogen) atoms. The van der Waals surface area contributed by atoms with Crippen molar-refractivity contribution in [2.45, 2.75) is 45.8 Å². The van der Waals surface area contributed by atoms with Crippen molar-refractivity contribution in [1.29, 1.82) is 0 Å². The number of hydrogen-bond donors (Lipinski definition) is 1. The van der Waals surface area contributed by atoms with Gasteiger partial charge in [-0.25, -0.2) is 0 Å². The summed E-state index contributed by atoms with van der Waals surface area (Å²) in [5.41, 5.74) is 2.04. The summed E-state index contributed by atoms with van der Waals surface area (Å²) in [6, 6.07) is 16.1. The Morgan fingerprint density at radius 1 is 1.08 bits per heavy atom. The predicted molar refractivity (Wildman–Crippen MR) is 143 cm³/mol. The monoisotopic (exact) mass is 514 g/mol. The number of carbonyl (C=O) groups is 3. The molecule has 1 atom stereocenters. The number of aliphatic hydroxyl groups excluding tert-OH is 1. The average molecular weight is 515 g/mol. The highest BCUT2D eigenvalue weighted by Gasteiger charge is 2.47. The lowest BCUT2D eigenvalue weighted by Gasteiger charge is -2.25. The summed E-state index contributed by atoms with van der Waals surface area (Å²) in [5, 5.41) is 11.3. The molecule has 1 aromatic heterocycles. The smallest absolute Gasteiger partial charge is 0.310 e. The van der Waals surface area contributed by atoms with E-state index in [1.807, 2.05) is 6.92 Å². The van der Waals surface area contributed by atoms with E-state index in [0.29, 0.717) is 34.7 Å². The van der Waals surface area contributed by atoms with E-state index in [1.54, 1.807) is 86.9 Å². The number of carbonyl (C=O) groups excluding carboxylic acids is 3. The molecule has 1 aliphatic heterocycles. The molecule has 1 amide bonds. The fourth-order valence-corrected chi connectivity index (χ4v) is 4.31. The topological polar surface area (TPSA) is 106 Å². The molecule has 0 radical (unpaired) electrons. The van der Waals surface area contributed by atoms with Crippen LogP contribution in [0.1, 0.15) is 49.9 Å². The van der Waals surface area contributed by atoms with Crippen molar-refractivity contribution in [2.75, 3.05) is 11.5 Å². The Hall–Kier alpha value is -4.46. The van der Waals surface area contributed by atoms with Crippen LogP contribution < -0.4 is 9.64 Å². The number of hydrogen-bond acceptors (Lipinski definition) is 7. The molecule has 0 spiro atoms. The number of rotatable bonds is 9. The lowest BCUT2D eigenvalue weighted by atomic mass is 9.96. The van der Waals surface area contributed by atoms with Crippen LogP contribution in [0.3, 0.4) is 0 Å². The van der Waals surface area contributed by atoms with Crippen molar-refractivity contribution in [3.05, 3.63) is 95.3 Å². The summed E-state index contributed by atoms with van der Waals surface area (Å²) < 4.78 is 10.9. The van der Waals surface area contributed by atoms with Crippen molar-refractivity contribution in [3.63, 3.8) is 0 Å². The second-order valence-electron chi connectivity index (χ2n) is 9.21. The van der Waals surface area contributed by atoms with E-state index in [4.69, 9.17) is 9.47 Å². The molecule has 3 aromatic rings. The number of aliphatic hydroxyl groups is 1. The summed E-state index contributed by atoms with van der Waals surface area (Å²) in [7, 11) is 0. The molecule has 1 N–H and O–H groups in total. The fourth-order valence-electron chi connectivity index (χ4n) is 4.31. The van der Waals surface area contributed by atoms with E-state index in [2.05, 4.69) is 4.98 Å². The van der Waals surface area contributed by atoms with Gasteiger partial charge < -0.3 is 14.6 Å². The molecule has 2 aromatic carbocycles. The normalized spacial score (nSPS) is 16.6. The number of nitrogens with zero attached hydrogens (tertiary/aromatic N) is 2. The molecular formula is C30H30N2O6. The molecule has 8 heteroatoms. The maximum Gasteiger partial charge on any atom is 0.310 e. The highest BCUT2D eigenvalue weighted by molar-refractivity contribution is 6.51. The minimum atomic E-state index is -0.902. The second-order valence-corrected chi connectivity index (χ2v) is 9.21. The summed E-state index contributed by atoms with van der Waals surface area (Å²) >= 11 is 0. The lowest BCUT2D eigenvalue weighted by molar-refractivity contribution is -0.146. The summed E-state index contributed by atoms with van der Waals surface area (Å²) in [6.07, 6.45) is 3.84. The van der Waals surface area contributed by atoms with Crippen LogP contribution in [0.4, 0.5) is 5.69 Å². The first kappa shape index (κ1) is 26.6. The van der Waals surface area contributed by atoms with Gasteiger partial charge in [0.15, 0.2) is 0 Å². The molecule has 8 nitrogen and oxygen atoms in total. The van der Waals surface area contributed by atoms with Gasteiger partial charge in [-0.05, 0) is 61.7 Å². The molecule has 0 aliphatic carbocycles. The van der Waals surface area contributed by atoms with Crippen LogP contribution in [-0.2, 0) is 25.5 Å². The summed E-state index contributed by atoms with van der Waals surface area (Å²) in [5.74, 6) is -1.68. The van der Waals surface area contributed by atoms with E-state index in [1.165, 1.54) is 4.90 Å². The average Bonchev–Trinajstić information content (AvgIpc) is 3.18. The van der Waals surface area contributed by atoms with E-state index in [9.17, 15) is 19.5 Å². The number of ketones is 1. The number of ether oxygens (including phenoxy) is 2. The Morgan fingerprint density at radius 3 is 2.50 bits per heavy atom. The summed E-state index contributed by atoms with van der Waals surface area (Å²) in [6.45, 7) is 6.06. The van der Waals surface area contributed by atoms with Crippen LogP contribution >= 0.6 is 0 Å². The molecule has 196 valence electrons. The van der Waals surface area contributed by atoms with Crippen LogP contribution in [0.15, 0.2) is 78.6 Å². The van der Waals surface area contributed by atoms with Crippen molar-refractivity contribution in [2.24, 2.45) is 0 Å². The third kappa shape index (κ3) is 5.75. The number of esters is 1. The zero-order chi connectivity index (χ0) is 27.2. The number of amides is 1. The van der Waals surface area contributed by atoms with E-state index < -0.39 is 17.7 Å². The van der Waals surface area contributed by atoms with Gasteiger partial charge in [-0.3, -0.25) is 24.3 Å². The number of anilines is 1. The van der Waals surface area contributed by atoms with Gasteiger partial charge in [0.1, 0.15) is 11.5 Å². The molecular weight excluding hydrogens is 484 g/mol. The third-order valence-electron chi connectivity index (χ3n) is 5.96. The van der Waals surface area contributed by atoms with Crippen molar-refractivity contribution in [1.82, 2.24) is 4.98 Å². The van der Waals surface area contributed by atoms with Crippen LogP contribution in [0.5, 0.6) is 5.75 Å². The minimum absolute atomic E-state index is 0.0415. The molecule has 2 heterocycles. The molecule has 0 bridgehead atoms. The highest BCUT2D eigenvalue weighted by atomic mass is 16.5. The SMILES string of the molecule is CCCOc1cccc(/C(O)=C2/C(=O)C(=O)N(c3ccc(CC(=O)OC(C)C)cc3)C2c2cccnc2)c1. The molecule has 1 aliphatic rings. The quantitative estimate of drug-likeness (QED) is 0.186. The van der Waals surface area contributed by atoms with Crippen LogP contribution in [-0.4, -0.2) is 40.5 Å². The van der Waals surface area contributed by atoms with Crippen LogP contribution in [0, 0.1) is 0 Å². The van der Waals surface area contributed by atoms with Crippen LogP contribution in [0.25, 0.3) is 5.76 Å². The molecule has 4 rings (SSSR count). The predicted octanol–water partition coefficient (Wildman–Crippen LogP) is 4.99. The minimum Gasteiger partial charge on any atom is -0.507 e. The standard InChI is InChI=1S/C30H30N2O6/c1-4-15-37-24-9-5-7-21(17-24)28(34)26-27(22-8-6-14-31-18-22)32(30(36)29(26)35)23-12-10-20(11-13-23)16-25(33)38-19(2)3/h5-14,17-19,27,34H,4,15-16H2,1-3H3/b28-26-. The van der Waals surface area contributed by atoms with E-state index in [-0.39, 0.29) is 29.8 Å². The van der Waals surface area contributed by atoms with Gasteiger partial charge in [0, 0.05) is 23.6 Å². The first-order chi connectivity index (χ1) is 18.3. The Labute approximate surface area is 221 Å². The molecule has 1 unspecified atom stereocenters. The van der Waals surface area contributed by atoms with Crippen molar-refractivity contribution in [3.8, 4) is 5.75 Å². The van der Waals surface area contributed by atoms with E-state index >= 15 is 0 Å².